The van der Waals surface area contributed by atoms with E-state index in [0.717, 1.165) is 65.7 Å². The predicted octanol–water partition coefficient (Wildman–Crippen LogP) is 4.58. The lowest BCUT2D eigenvalue weighted by atomic mass is 10.2. The van der Waals surface area contributed by atoms with Crippen LogP contribution in [0.2, 0.25) is 0 Å². The van der Waals surface area contributed by atoms with Crippen LogP contribution in [0.25, 0.3) is 15.9 Å². The Kier molecular flexibility index (Phi) is 5.85. The van der Waals surface area contributed by atoms with Crippen molar-refractivity contribution in [2.75, 3.05) is 32.7 Å². The summed E-state index contributed by atoms with van der Waals surface area (Å²) in [6.45, 7) is 13.9. The normalized spacial score (nSPS) is 15.0. The zero-order valence-corrected chi connectivity index (χ0v) is 20.7. The summed E-state index contributed by atoms with van der Waals surface area (Å²) in [4.78, 5) is 19.6. The van der Waals surface area contributed by atoms with E-state index >= 15 is 0 Å². The van der Waals surface area contributed by atoms with E-state index in [1.807, 2.05) is 34.7 Å². The van der Waals surface area contributed by atoms with Gasteiger partial charge in [-0.2, -0.15) is 5.10 Å². The van der Waals surface area contributed by atoms with Gasteiger partial charge in [-0.3, -0.25) is 9.69 Å². The largest absolute Gasteiger partial charge is 0.348 e. The van der Waals surface area contributed by atoms with Gasteiger partial charge in [0.1, 0.15) is 4.83 Å². The Bertz CT molecular complexity index is 1290. The van der Waals surface area contributed by atoms with Crippen molar-refractivity contribution in [1.29, 1.82) is 0 Å². The first-order chi connectivity index (χ1) is 15.9. The number of hydrogen-bond donors (Lipinski definition) is 0. The highest BCUT2D eigenvalue weighted by Crippen LogP contribution is 2.32. The average molecular weight is 462 g/mol. The van der Waals surface area contributed by atoms with E-state index in [2.05, 4.69) is 54.5 Å². The van der Waals surface area contributed by atoms with Crippen LogP contribution in [0.3, 0.4) is 0 Å². The van der Waals surface area contributed by atoms with Crippen LogP contribution in [0, 0.1) is 27.7 Å². The number of aryl methyl sites for hydroxylation is 4. The molecule has 0 spiro atoms. The van der Waals surface area contributed by atoms with Gasteiger partial charge in [0.15, 0.2) is 0 Å². The number of para-hydroxylation sites is 1. The van der Waals surface area contributed by atoms with Crippen LogP contribution in [0.15, 0.2) is 42.5 Å². The molecule has 0 atom stereocenters. The molecule has 1 saturated heterocycles. The van der Waals surface area contributed by atoms with E-state index in [1.165, 1.54) is 17.0 Å². The molecule has 3 aromatic heterocycles. The first-order valence-electron chi connectivity index (χ1n) is 11.6. The second kappa shape index (κ2) is 8.80. The second-order valence-electron chi connectivity index (χ2n) is 9.01. The number of carbonyl (C=O) groups is 1. The number of hydrogen-bond acceptors (Lipinski definition) is 4. The number of benzene rings is 1. The summed E-state index contributed by atoms with van der Waals surface area (Å²) in [5.41, 5.74) is 5.82. The van der Waals surface area contributed by atoms with Crippen molar-refractivity contribution < 1.29 is 4.79 Å². The predicted molar refractivity (Wildman–Crippen MR) is 135 cm³/mol. The summed E-state index contributed by atoms with van der Waals surface area (Å²) in [5.74, 6) is 0.142. The molecule has 0 N–H and O–H groups in total. The van der Waals surface area contributed by atoms with Gasteiger partial charge >= 0.3 is 0 Å². The number of piperazine rings is 1. The maximum atomic E-state index is 13.3. The molecule has 4 aromatic rings. The zero-order chi connectivity index (χ0) is 23.1. The summed E-state index contributed by atoms with van der Waals surface area (Å²) in [7, 11) is 0. The number of carbonyl (C=O) groups excluding carboxylic acids is 1. The van der Waals surface area contributed by atoms with Crippen LogP contribution < -0.4 is 0 Å². The average Bonchev–Trinajstić information content (AvgIpc) is 3.48. The van der Waals surface area contributed by atoms with Gasteiger partial charge in [0.05, 0.1) is 16.3 Å². The molecule has 6 nitrogen and oxygen atoms in total. The number of thiophene rings is 1. The second-order valence-corrected chi connectivity index (χ2v) is 10.0. The van der Waals surface area contributed by atoms with Gasteiger partial charge in [-0.05, 0) is 57.5 Å². The summed E-state index contributed by atoms with van der Waals surface area (Å²) in [5, 5.41) is 5.82. The Morgan fingerprint density at radius 1 is 0.939 bits per heavy atom. The molecule has 0 radical (unpaired) electrons. The summed E-state index contributed by atoms with van der Waals surface area (Å²) in [6, 6.07) is 14.6. The molecule has 1 aliphatic heterocycles. The van der Waals surface area contributed by atoms with Gasteiger partial charge < -0.3 is 9.47 Å². The van der Waals surface area contributed by atoms with E-state index in [-0.39, 0.29) is 5.91 Å². The molecule has 0 aliphatic carbocycles. The molecule has 172 valence electrons. The van der Waals surface area contributed by atoms with Crippen molar-refractivity contribution in [1.82, 2.24) is 24.1 Å². The van der Waals surface area contributed by atoms with E-state index in [4.69, 9.17) is 5.10 Å². The number of aromatic nitrogens is 3. The Hall–Kier alpha value is -2.90. The Morgan fingerprint density at radius 2 is 1.64 bits per heavy atom. The first-order valence-corrected chi connectivity index (χ1v) is 12.4. The van der Waals surface area contributed by atoms with Gasteiger partial charge in [0, 0.05) is 56.0 Å². The van der Waals surface area contributed by atoms with E-state index in [9.17, 15) is 4.79 Å². The lowest BCUT2D eigenvalue weighted by Crippen LogP contribution is -2.49. The first kappa shape index (κ1) is 21.9. The number of fused-ring (bicyclic) bond motifs is 1. The van der Waals surface area contributed by atoms with Crippen molar-refractivity contribution >= 4 is 27.5 Å². The molecular formula is C26H31N5OS. The topological polar surface area (TPSA) is 46.3 Å². The van der Waals surface area contributed by atoms with Crippen molar-refractivity contribution in [3.63, 3.8) is 0 Å². The van der Waals surface area contributed by atoms with Gasteiger partial charge in [0.25, 0.3) is 5.91 Å². The molecule has 1 aliphatic rings. The molecule has 33 heavy (non-hydrogen) atoms. The quantitative estimate of drug-likeness (QED) is 0.437. The van der Waals surface area contributed by atoms with Gasteiger partial charge in [-0.15, -0.1) is 11.3 Å². The SMILES string of the molecule is Cc1ccccc1-n1nc(C)c2cc(C(=O)N3CCN(CCn4c(C)ccc4C)CC3)sc21. The van der Waals surface area contributed by atoms with Crippen LogP contribution in [-0.2, 0) is 6.54 Å². The van der Waals surface area contributed by atoms with Crippen LogP contribution in [0.4, 0.5) is 0 Å². The molecule has 7 heteroatoms. The highest BCUT2D eigenvalue weighted by atomic mass is 32.1. The van der Waals surface area contributed by atoms with Crippen LogP contribution in [0.1, 0.15) is 32.3 Å². The third-order valence-corrected chi connectivity index (χ3v) is 7.91. The molecule has 5 rings (SSSR count). The minimum Gasteiger partial charge on any atom is -0.348 e. The maximum absolute atomic E-state index is 13.3. The Labute approximate surface area is 199 Å². The van der Waals surface area contributed by atoms with Crippen molar-refractivity contribution in [2.45, 2.75) is 34.2 Å². The molecule has 4 heterocycles. The molecule has 1 fully saturated rings. The van der Waals surface area contributed by atoms with Crippen molar-refractivity contribution in [2.24, 2.45) is 0 Å². The van der Waals surface area contributed by atoms with E-state index in [1.54, 1.807) is 11.3 Å². The monoisotopic (exact) mass is 461 g/mol. The van der Waals surface area contributed by atoms with E-state index in [0.29, 0.717) is 0 Å². The van der Waals surface area contributed by atoms with Gasteiger partial charge in [-0.25, -0.2) is 4.68 Å². The standard InChI is InChI=1S/C26H31N5OS/c1-18-7-5-6-8-23(18)31-26-22(21(4)27-31)17-24(33-26)25(32)29-14-11-28(12-15-29)13-16-30-19(2)9-10-20(30)3/h5-10,17H,11-16H2,1-4H3. The summed E-state index contributed by atoms with van der Waals surface area (Å²) < 4.78 is 4.36. The molecule has 1 amide bonds. The molecule has 0 saturated carbocycles. The van der Waals surface area contributed by atoms with Crippen molar-refractivity contribution in [3.05, 3.63) is 70.0 Å². The van der Waals surface area contributed by atoms with Crippen LogP contribution in [0.5, 0.6) is 0 Å². The third-order valence-electron chi connectivity index (χ3n) is 6.82. The Balaban J connectivity index is 1.27. The van der Waals surface area contributed by atoms with Crippen LogP contribution in [-0.4, -0.2) is 62.8 Å². The summed E-state index contributed by atoms with van der Waals surface area (Å²) in [6.07, 6.45) is 0. The fourth-order valence-electron chi connectivity index (χ4n) is 4.74. The minimum absolute atomic E-state index is 0.142. The van der Waals surface area contributed by atoms with Crippen molar-refractivity contribution in [3.8, 4) is 5.69 Å². The molecule has 0 unspecified atom stereocenters. The fraction of sp³-hybridized carbons (Fsp3) is 0.385. The minimum atomic E-state index is 0.142. The zero-order valence-electron chi connectivity index (χ0n) is 19.8. The number of nitrogens with zero attached hydrogens (tertiary/aromatic N) is 5. The lowest BCUT2D eigenvalue weighted by molar-refractivity contribution is 0.0638. The van der Waals surface area contributed by atoms with E-state index < -0.39 is 0 Å². The third kappa shape index (κ3) is 4.11. The van der Waals surface area contributed by atoms with Crippen LogP contribution >= 0.6 is 11.3 Å². The number of amides is 1. The lowest BCUT2D eigenvalue weighted by Gasteiger charge is -2.34. The molecule has 1 aromatic carbocycles. The Morgan fingerprint density at radius 3 is 2.33 bits per heavy atom. The highest BCUT2D eigenvalue weighted by Gasteiger charge is 2.25. The number of rotatable bonds is 5. The highest BCUT2D eigenvalue weighted by molar-refractivity contribution is 7.20. The maximum Gasteiger partial charge on any atom is 0.264 e. The van der Waals surface area contributed by atoms with Gasteiger partial charge in [0.2, 0.25) is 0 Å². The smallest absolute Gasteiger partial charge is 0.264 e. The molecule has 0 bridgehead atoms. The summed E-state index contributed by atoms with van der Waals surface area (Å²) >= 11 is 1.55. The van der Waals surface area contributed by atoms with Gasteiger partial charge in [-0.1, -0.05) is 18.2 Å². The fourth-order valence-corrected chi connectivity index (χ4v) is 5.88. The molecular weight excluding hydrogens is 430 g/mol.